The second-order valence-corrected chi connectivity index (χ2v) is 2.68. The van der Waals surface area contributed by atoms with E-state index in [1.54, 1.807) is 0 Å². The van der Waals surface area contributed by atoms with Crippen molar-refractivity contribution in [1.29, 1.82) is 0 Å². The monoisotopic (exact) mass is 145 g/mol. The first-order valence-corrected chi connectivity index (χ1v) is 3.78. The molecule has 1 aliphatic heterocycles. The summed E-state index contributed by atoms with van der Waals surface area (Å²) in [6.07, 6.45) is 0.951. The molecule has 1 saturated heterocycles. The maximum atomic E-state index is 5.44. The fourth-order valence-electron chi connectivity index (χ4n) is 0.946. The molecule has 0 spiro atoms. The highest BCUT2D eigenvalue weighted by Gasteiger charge is 2.19. The lowest BCUT2D eigenvalue weighted by Crippen LogP contribution is -2.34. The first-order valence-electron chi connectivity index (χ1n) is 3.78. The van der Waals surface area contributed by atoms with Crippen LogP contribution in [0.2, 0.25) is 0 Å². The summed E-state index contributed by atoms with van der Waals surface area (Å²) < 4.78 is 10.7. The molecule has 0 aliphatic carbocycles. The smallest absolute Gasteiger partial charge is 0.161 e. The van der Waals surface area contributed by atoms with Gasteiger partial charge >= 0.3 is 0 Å². The topological polar surface area (TPSA) is 44.5 Å². The van der Waals surface area contributed by atoms with Crippen LogP contribution in [0.1, 0.15) is 13.3 Å². The molecule has 1 fully saturated rings. The van der Waals surface area contributed by atoms with E-state index >= 15 is 0 Å². The largest absolute Gasteiger partial charge is 0.352 e. The average Bonchev–Trinajstić information content (AvgIpc) is 2.05. The highest BCUT2D eigenvalue weighted by molar-refractivity contribution is 4.60. The second-order valence-electron chi connectivity index (χ2n) is 2.68. The Morgan fingerprint density at radius 1 is 1.50 bits per heavy atom. The first kappa shape index (κ1) is 7.98. The third kappa shape index (κ3) is 1.94. The molecule has 10 heavy (non-hydrogen) atoms. The van der Waals surface area contributed by atoms with Crippen molar-refractivity contribution in [2.75, 3.05) is 19.8 Å². The molecule has 1 atom stereocenters. The van der Waals surface area contributed by atoms with Crippen molar-refractivity contribution in [2.45, 2.75) is 19.6 Å². The van der Waals surface area contributed by atoms with E-state index < -0.39 is 0 Å². The number of nitrogens with two attached hydrogens (primary N) is 1. The van der Waals surface area contributed by atoms with E-state index in [1.165, 1.54) is 0 Å². The van der Waals surface area contributed by atoms with Gasteiger partial charge < -0.3 is 15.2 Å². The minimum atomic E-state index is -0.0567. The maximum Gasteiger partial charge on any atom is 0.161 e. The Morgan fingerprint density at radius 3 is 2.60 bits per heavy atom. The highest BCUT2D eigenvalue weighted by atomic mass is 16.7. The van der Waals surface area contributed by atoms with Crippen molar-refractivity contribution in [3.05, 3.63) is 0 Å². The Bertz CT molecular complexity index is 91.6. The summed E-state index contributed by atoms with van der Waals surface area (Å²) in [5.41, 5.74) is 5.44. The zero-order valence-electron chi connectivity index (χ0n) is 6.38. The molecule has 3 heteroatoms. The number of hydrogen-bond donors (Lipinski definition) is 1. The molecule has 0 bridgehead atoms. The van der Waals surface area contributed by atoms with Crippen LogP contribution in [0.25, 0.3) is 0 Å². The summed E-state index contributed by atoms with van der Waals surface area (Å²) in [7, 11) is 0. The van der Waals surface area contributed by atoms with Crippen LogP contribution in [-0.2, 0) is 9.47 Å². The molecule has 2 N–H and O–H groups in total. The molecule has 0 amide bonds. The third-order valence-electron chi connectivity index (χ3n) is 1.69. The molecule has 0 radical (unpaired) electrons. The third-order valence-corrected chi connectivity index (χ3v) is 1.69. The minimum Gasteiger partial charge on any atom is -0.352 e. The van der Waals surface area contributed by atoms with Crippen LogP contribution >= 0.6 is 0 Å². The fraction of sp³-hybridized carbons (Fsp3) is 1.00. The SMILES string of the molecule is CC(CN)C1OCCCO1. The van der Waals surface area contributed by atoms with Crippen molar-refractivity contribution in [3.8, 4) is 0 Å². The van der Waals surface area contributed by atoms with Gasteiger partial charge in [0.05, 0.1) is 13.2 Å². The van der Waals surface area contributed by atoms with E-state index in [4.69, 9.17) is 15.2 Å². The van der Waals surface area contributed by atoms with Gasteiger partial charge in [0.1, 0.15) is 0 Å². The molecule has 1 unspecified atom stereocenters. The average molecular weight is 145 g/mol. The van der Waals surface area contributed by atoms with Gasteiger partial charge in [-0.1, -0.05) is 6.92 Å². The van der Waals surface area contributed by atoms with Gasteiger partial charge in [0.25, 0.3) is 0 Å². The van der Waals surface area contributed by atoms with Crippen molar-refractivity contribution in [1.82, 2.24) is 0 Å². The van der Waals surface area contributed by atoms with E-state index in [2.05, 4.69) is 0 Å². The van der Waals surface area contributed by atoms with Crippen molar-refractivity contribution >= 4 is 0 Å². The molecule has 3 nitrogen and oxygen atoms in total. The Balaban J connectivity index is 2.24. The lowest BCUT2D eigenvalue weighted by Gasteiger charge is -2.27. The van der Waals surface area contributed by atoms with Gasteiger partial charge in [-0.3, -0.25) is 0 Å². The first-order chi connectivity index (χ1) is 4.84. The Kier molecular flexibility index (Phi) is 3.12. The normalized spacial score (nSPS) is 24.6. The van der Waals surface area contributed by atoms with Gasteiger partial charge in [-0.25, -0.2) is 0 Å². The van der Waals surface area contributed by atoms with Crippen LogP contribution in [-0.4, -0.2) is 26.0 Å². The lowest BCUT2D eigenvalue weighted by atomic mass is 10.1. The highest BCUT2D eigenvalue weighted by Crippen LogP contribution is 2.12. The van der Waals surface area contributed by atoms with Crippen molar-refractivity contribution in [3.63, 3.8) is 0 Å². The summed E-state index contributed by atoms with van der Waals surface area (Å²) in [6, 6.07) is 0. The van der Waals surface area contributed by atoms with E-state index in [-0.39, 0.29) is 6.29 Å². The molecule has 0 aromatic heterocycles. The van der Waals surface area contributed by atoms with E-state index in [1.807, 2.05) is 6.92 Å². The molecule has 1 heterocycles. The quantitative estimate of drug-likeness (QED) is 0.609. The van der Waals surface area contributed by atoms with Gasteiger partial charge in [-0.05, 0) is 13.0 Å². The molecule has 1 rings (SSSR count). The Hall–Kier alpha value is -0.120. The molecular weight excluding hydrogens is 130 g/mol. The number of ether oxygens (including phenoxy) is 2. The zero-order valence-corrected chi connectivity index (χ0v) is 6.38. The van der Waals surface area contributed by atoms with Crippen LogP contribution in [0, 0.1) is 5.92 Å². The Labute approximate surface area is 61.5 Å². The van der Waals surface area contributed by atoms with Crippen molar-refractivity contribution < 1.29 is 9.47 Å². The van der Waals surface area contributed by atoms with Gasteiger partial charge in [-0.2, -0.15) is 0 Å². The molecule has 60 valence electrons. The molecular formula is C7H15NO2. The summed E-state index contributed by atoms with van der Waals surface area (Å²) in [6.45, 7) is 4.30. The summed E-state index contributed by atoms with van der Waals surface area (Å²) in [5, 5.41) is 0. The molecule has 1 aliphatic rings. The van der Waals surface area contributed by atoms with Crippen LogP contribution in [0.4, 0.5) is 0 Å². The maximum absolute atomic E-state index is 5.44. The van der Waals surface area contributed by atoms with Gasteiger partial charge in [0.15, 0.2) is 6.29 Å². The van der Waals surface area contributed by atoms with Gasteiger partial charge in [0, 0.05) is 5.92 Å². The summed E-state index contributed by atoms with van der Waals surface area (Å²) in [5.74, 6) is 0.320. The summed E-state index contributed by atoms with van der Waals surface area (Å²) in [4.78, 5) is 0. The Morgan fingerprint density at radius 2 is 2.10 bits per heavy atom. The zero-order chi connectivity index (χ0) is 7.40. The van der Waals surface area contributed by atoms with Crippen molar-refractivity contribution in [2.24, 2.45) is 11.7 Å². The van der Waals surface area contributed by atoms with Crippen LogP contribution < -0.4 is 5.73 Å². The van der Waals surface area contributed by atoms with Gasteiger partial charge in [0.2, 0.25) is 0 Å². The fourth-order valence-corrected chi connectivity index (χ4v) is 0.946. The number of rotatable bonds is 2. The number of hydrogen-bond acceptors (Lipinski definition) is 3. The molecule has 0 aromatic rings. The van der Waals surface area contributed by atoms with E-state index in [0.29, 0.717) is 12.5 Å². The standard InChI is InChI=1S/C7H15NO2/c1-6(5-8)7-9-3-2-4-10-7/h6-7H,2-5,8H2,1H3. The van der Waals surface area contributed by atoms with E-state index in [0.717, 1.165) is 19.6 Å². The van der Waals surface area contributed by atoms with E-state index in [9.17, 15) is 0 Å². The predicted molar refractivity (Wildman–Crippen MR) is 38.5 cm³/mol. The second kappa shape index (κ2) is 3.91. The lowest BCUT2D eigenvalue weighted by molar-refractivity contribution is -0.200. The van der Waals surface area contributed by atoms with Crippen LogP contribution in [0.15, 0.2) is 0 Å². The predicted octanol–water partition coefficient (Wildman–Crippen LogP) is 0.344. The molecule has 0 aromatic carbocycles. The van der Waals surface area contributed by atoms with Crippen LogP contribution in [0.3, 0.4) is 0 Å². The minimum absolute atomic E-state index is 0.0567. The van der Waals surface area contributed by atoms with Crippen LogP contribution in [0.5, 0.6) is 0 Å². The van der Waals surface area contributed by atoms with Gasteiger partial charge in [-0.15, -0.1) is 0 Å². The summed E-state index contributed by atoms with van der Waals surface area (Å²) >= 11 is 0. The molecule has 0 saturated carbocycles.